The summed E-state index contributed by atoms with van der Waals surface area (Å²) in [5, 5.41) is 23.0. The van der Waals surface area contributed by atoms with Crippen LogP contribution in [0.15, 0.2) is 18.3 Å². The zero-order valence-electron chi connectivity index (χ0n) is 10.7. The van der Waals surface area contributed by atoms with Gasteiger partial charge in [-0.3, -0.25) is 4.40 Å². The molecule has 3 rings (SSSR count). The minimum Gasteiger partial charge on any atom is -0.476 e. The fraction of sp³-hybridized carbons (Fsp3) is 0.182. The van der Waals surface area contributed by atoms with Crippen molar-refractivity contribution >= 4 is 23.2 Å². The Labute approximate surface area is 122 Å². The van der Waals surface area contributed by atoms with E-state index in [0.717, 1.165) is 0 Å². The van der Waals surface area contributed by atoms with Crippen LogP contribution in [0, 0.1) is 0 Å². The van der Waals surface area contributed by atoms with E-state index in [0.29, 0.717) is 16.4 Å². The minimum atomic E-state index is -1.13. The molecule has 0 amide bonds. The van der Waals surface area contributed by atoms with Gasteiger partial charge in [0.05, 0.1) is 10.7 Å². The van der Waals surface area contributed by atoms with Crippen LogP contribution in [0.4, 0.5) is 0 Å². The molecule has 21 heavy (non-hydrogen) atoms. The van der Waals surface area contributed by atoms with Crippen molar-refractivity contribution in [3.05, 3.63) is 40.6 Å². The highest BCUT2D eigenvalue weighted by Gasteiger charge is 2.25. The topological polar surface area (TPSA) is 118 Å². The van der Waals surface area contributed by atoms with E-state index < -0.39 is 12.1 Å². The number of aromatic amines is 1. The number of pyridine rings is 1. The molecular weight excluding hydrogens is 300 g/mol. The second-order valence-electron chi connectivity index (χ2n) is 4.11. The fourth-order valence-corrected chi connectivity index (χ4v) is 2.28. The quantitative estimate of drug-likeness (QED) is 0.736. The number of H-pyrrole nitrogens is 1. The largest absolute Gasteiger partial charge is 0.476 e. The molecule has 1 atom stereocenters. The number of rotatable bonds is 4. The van der Waals surface area contributed by atoms with Gasteiger partial charge in [-0.05, 0) is 12.1 Å². The van der Waals surface area contributed by atoms with Crippen LogP contribution in [-0.2, 0) is 4.74 Å². The summed E-state index contributed by atoms with van der Waals surface area (Å²) in [4.78, 5) is 15.1. The van der Waals surface area contributed by atoms with Gasteiger partial charge in [-0.1, -0.05) is 16.8 Å². The third kappa shape index (κ3) is 2.22. The SMILES string of the molecule is COC(c1nn[nH]n1)c1c(Cl)ccc2nc(C(=O)O)cn12. The Bertz CT molecular complexity index is 800. The van der Waals surface area contributed by atoms with E-state index in [1.54, 1.807) is 12.1 Å². The van der Waals surface area contributed by atoms with Gasteiger partial charge in [0.15, 0.2) is 11.8 Å². The standard InChI is InChI=1S/C11H9ClN6O3/c1-21-9(10-14-16-17-15-10)8-5(12)2-3-7-13-6(11(19)20)4-18(7)8/h2-4,9H,1H3,(H,19,20)(H,14,15,16,17). The molecule has 0 radical (unpaired) electrons. The highest BCUT2D eigenvalue weighted by Crippen LogP contribution is 2.29. The van der Waals surface area contributed by atoms with Crippen LogP contribution in [0.5, 0.6) is 0 Å². The normalized spacial score (nSPS) is 12.7. The molecule has 1 unspecified atom stereocenters. The number of carboxylic acids is 1. The van der Waals surface area contributed by atoms with Crippen LogP contribution in [0.3, 0.4) is 0 Å². The number of ether oxygens (including phenoxy) is 1. The molecule has 0 fully saturated rings. The average Bonchev–Trinajstić information content (AvgIpc) is 3.10. The number of hydrogen-bond donors (Lipinski definition) is 2. The van der Waals surface area contributed by atoms with Crippen molar-refractivity contribution in [2.75, 3.05) is 7.11 Å². The molecule has 3 heterocycles. The third-order valence-corrected chi connectivity index (χ3v) is 3.24. The highest BCUT2D eigenvalue weighted by atomic mass is 35.5. The lowest BCUT2D eigenvalue weighted by atomic mass is 10.2. The maximum atomic E-state index is 11.1. The van der Waals surface area contributed by atoms with E-state index in [9.17, 15) is 4.79 Å². The Hall–Kier alpha value is -2.52. The van der Waals surface area contributed by atoms with Crippen LogP contribution in [0.2, 0.25) is 5.02 Å². The molecule has 0 spiro atoms. The number of carbonyl (C=O) groups is 1. The molecule has 0 saturated heterocycles. The lowest BCUT2D eigenvalue weighted by Gasteiger charge is -2.15. The van der Waals surface area contributed by atoms with Crippen molar-refractivity contribution in [3.8, 4) is 0 Å². The number of methoxy groups -OCH3 is 1. The number of aromatic nitrogens is 6. The van der Waals surface area contributed by atoms with Crippen LogP contribution in [-0.4, -0.2) is 48.2 Å². The van der Waals surface area contributed by atoms with Crippen molar-refractivity contribution in [1.82, 2.24) is 30.0 Å². The lowest BCUT2D eigenvalue weighted by Crippen LogP contribution is -2.11. The molecule has 3 aromatic heterocycles. The molecule has 0 aliphatic rings. The summed E-state index contributed by atoms with van der Waals surface area (Å²) >= 11 is 6.22. The second kappa shape index (κ2) is 5.11. The van der Waals surface area contributed by atoms with Gasteiger partial charge in [0.2, 0.25) is 5.82 Å². The van der Waals surface area contributed by atoms with Gasteiger partial charge in [-0.15, -0.1) is 10.2 Å². The summed E-state index contributed by atoms with van der Waals surface area (Å²) in [5.74, 6) is -0.855. The average molecular weight is 309 g/mol. The van der Waals surface area contributed by atoms with Crippen molar-refractivity contribution in [3.63, 3.8) is 0 Å². The number of aromatic carboxylic acids is 1. The second-order valence-corrected chi connectivity index (χ2v) is 4.52. The number of imidazole rings is 1. The van der Waals surface area contributed by atoms with E-state index in [1.807, 2.05) is 0 Å². The molecule has 9 nitrogen and oxygen atoms in total. The smallest absolute Gasteiger partial charge is 0.356 e. The van der Waals surface area contributed by atoms with Crippen molar-refractivity contribution in [2.24, 2.45) is 0 Å². The zero-order valence-corrected chi connectivity index (χ0v) is 11.4. The summed E-state index contributed by atoms with van der Waals surface area (Å²) in [5.41, 5.74) is 0.803. The van der Waals surface area contributed by atoms with Gasteiger partial charge < -0.3 is 9.84 Å². The Balaban J connectivity index is 2.24. The molecule has 2 N–H and O–H groups in total. The van der Waals surface area contributed by atoms with E-state index in [1.165, 1.54) is 17.7 Å². The molecule has 0 aliphatic carbocycles. The van der Waals surface area contributed by atoms with Crippen molar-refractivity contribution in [1.29, 1.82) is 0 Å². The zero-order chi connectivity index (χ0) is 15.0. The summed E-state index contributed by atoms with van der Waals surface area (Å²) < 4.78 is 6.91. The van der Waals surface area contributed by atoms with Crippen LogP contribution in [0.1, 0.15) is 28.1 Å². The van der Waals surface area contributed by atoms with Gasteiger partial charge in [-0.2, -0.15) is 5.21 Å². The van der Waals surface area contributed by atoms with E-state index >= 15 is 0 Å². The predicted octanol–water partition coefficient (Wildman–Crippen LogP) is 0.935. The number of hydrogen-bond acceptors (Lipinski definition) is 6. The third-order valence-electron chi connectivity index (χ3n) is 2.92. The number of fused-ring (bicyclic) bond motifs is 1. The van der Waals surface area contributed by atoms with Gasteiger partial charge in [-0.25, -0.2) is 9.78 Å². The first-order chi connectivity index (χ1) is 10.1. The molecular formula is C11H9ClN6O3. The summed E-state index contributed by atoms with van der Waals surface area (Å²) in [6.07, 6.45) is 0.654. The fourth-order valence-electron chi connectivity index (χ4n) is 2.03. The summed E-state index contributed by atoms with van der Waals surface area (Å²) in [6, 6.07) is 3.22. The predicted molar refractivity (Wildman–Crippen MR) is 70.2 cm³/mol. The monoisotopic (exact) mass is 308 g/mol. The molecule has 0 bridgehead atoms. The molecule has 10 heteroatoms. The maximum Gasteiger partial charge on any atom is 0.356 e. The van der Waals surface area contributed by atoms with Gasteiger partial charge >= 0.3 is 5.97 Å². The Morgan fingerprint density at radius 1 is 1.52 bits per heavy atom. The van der Waals surface area contributed by atoms with Gasteiger partial charge in [0.25, 0.3) is 0 Å². The molecule has 3 aromatic rings. The Morgan fingerprint density at radius 3 is 2.95 bits per heavy atom. The van der Waals surface area contributed by atoms with Crippen molar-refractivity contribution in [2.45, 2.75) is 6.10 Å². The number of carboxylic acid groups (broad SMARTS) is 1. The molecule has 0 saturated carbocycles. The van der Waals surface area contributed by atoms with E-state index in [4.69, 9.17) is 21.4 Å². The number of nitrogens with one attached hydrogen (secondary N) is 1. The minimum absolute atomic E-state index is 0.0959. The van der Waals surface area contributed by atoms with Gasteiger partial charge in [0.1, 0.15) is 5.65 Å². The van der Waals surface area contributed by atoms with E-state index in [2.05, 4.69) is 25.6 Å². The van der Waals surface area contributed by atoms with Crippen LogP contribution in [0.25, 0.3) is 5.65 Å². The van der Waals surface area contributed by atoms with Crippen LogP contribution < -0.4 is 0 Å². The van der Waals surface area contributed by atoms with E-state index in [-0.39, 0.29) is 11.5 Å². The van der Waals surface area contributed by atoms with Gasteiger partial charge in [0, 0.05) is 13.3 Å². The first-order valence-corrected chi connectivity index (χ1v) is 6.16. The van der Waals surface area contributed by atoms with Crippen LogP contribution >= 0.6 is 11.6 Å². The van der Waals surface area contributed by atoms with Crippen molar-refractivity contribution < 1.29 is 14.6 Å². The number of nitrogens with zero attached hydrogens (tertiary/aromatic N) is 5. The summed E-state index contributed by atoms with van der Waals surface area (Å²) in [7, 11) is 1.46. The first-order valence-electron chi connectivity index (χ1n) is 5.78. The molecule has 0 aliphatic heterocycles. The molecule has 0 aromatic carbocycles. The Morgan fingerprint density at radius 2 is 2.33 bits per heavy atom. The lowest BCUT2D eigenvalue weighted by molar-refractivity contribution is 0.0691. The maximum absolute atomic E-state index is 11.1. The first kappa shape index (κ1) is 13.5. The summed E-state index contributed by atoms with van der Waals surface area (Å²) in [6.45, 7) is 0. The Kier molecular flexibility index (Phi) is 3.28. The number of halogens is 1. The number of tetrazole rings is 1. The highest BCUT2D eigenvalue weighted by molar-refractivity contribution is 6.31. The molecule has 108 valence electrons.